The summed E-state index contributed by atoms with van der Waals surface area (Å²) in [6, 6.07) is 0.571. The summed E-state index contributed by atoms with van der Waals surface area (Å²) in [5.74, 6) is 0.328. The van der Waals surface area contributed by atoms with Crippen LogP contribution in [0.5, 0.6) is 0 Å². The molecule has 104 valence electrons. The van der Waals surface area contributed by atoms with Crippen molar-refractivity contribution in [1.82, 2.24) is 5.32 Å². The largest absolute Gasteiger partial charge is 0.348 e. The van der Waals surface area contributed by atoms with Crippen molar-refractivity contribution in [3.05, 3.63) is 0 Å². The van der Waals surface area contributed by atoms with Crippen LogP contribution in [0.2, 0.25) is 0 Å². The molecule has 0 aromatic rings. The van der Waals surface area contributed by atoms with E-state index in [2.05, 4.69) is 5.32 Å². The lowest BCUT2D eigenvalue weighted by Gasteiger charge is -2.36. The van der Waals surface area contributed by atoms with Crippen molar-refractivity contribution in [3.63, 3.8) is 0 Å². The van der Waals surface area contributed by atoms with Gasteiger partial charge in [-0.05, 0) is 19.3 Å². The van der Waals surface area contributed by atoms with Crippen molar-refractivity contribution in [2.75, 3.05) is 24.7 Å². The van der Waals surface area contributed by atoms with Gasteiger partial charge in [-0.25, -0.2) is 8.42 Å². The predicted molar refractivity (Wildman–Crippen MR) is 67.1 cm³/mol. The Morgan fingerprint density at radius 3 is 2.22 bits per heavy atom. The maximum atomic E-state index is 11.4. The predicted octanol–water partition coefficient (Wildman–Crippen LogP) is 0.449. The molecule has 1 atom stereocenters. The third-order valence-corrected chi connectivity index (χ3v) is 6.03. The molecule has 3 rings (SSSR count). The molecule has 3 aliphatic rings. The maximum Gasteiger partial charge on any atom is 0.168 e. The molecule has 2 heterocycles. The second kappa shape index (κ2) is 4.74. The number of rotatable bonds is 2. The quantitative estimate of drug-likeness (QED) is 0.792. The van der Waals surface area contributed by atoms with Crippen molar-refractivity contribution in [3.8, 4) is 0 Å². The normalized spacial score (nSPS) is 35.2. The van der Waals surface area contributed by atoms with Gasteiger partial charge in [-0.3, -0.25) is 0 Å². The number of hydrogen-bond donors (Lipinski definition) is 1. The minimum Gasteiger partial charge on any atom is -0.348 e. The molecule has 1 N–H and O–H groups in total. The van der Waals surface area contributed by atoms with Gasteiger partial charge in [0, 0.05) is 24.9 Å². The van der Waals surface area contributed by atoms with Gasteiger partial charge in [0.25, 0.3) is 0 Å². The third-order valence-electron chi connectivity index (χ3n) is 4.26. The van der Waals surface area contributed by atoms with Crippen molar-refractivity contribution in [1.29, 1.82) is 0 Å². The third kappa shape index (κ3) is 2.71. The van der Waals surface area contributed by atoms with Gasteiger partial charge in [0.15, 0.2) is 15.6 Å². The average Bonchev–Trinajstić information content (AvgIpc) is 2.90. The van der Waals surface area contributed by atoms with Crippen LogP contribution in [0.3, 0.4) is 0 Å². The molecule has 1 unspecified atom stereocenters. The molecule has 0 amide bonds. The van der Waals surface area contributed by atoms with E-state index in [1.165, 1.54) is 0 Å². The fourth-order valence-corrected chi connectivity index (χ4v) is 4.96. The summed E-state index contributed by atoms with van der Waals surface area (Å²) in [5.41, 5.74) is 0. The molecule has 0 aromatic heterocycles. The van der Waals surface area contributed by atoms with E-state index in [0.717, 1.165) is 32.1 Å². The Kier molecular flexibility index (Phi) is 3.38. The van der Waals surface area contributed by atoms with Gasteiger partial charge in [-0.15, -0.1) is 0 Å². The van der Waals surface area contributed by atoms with E-state index < -0.39 is 9.84 Å². The van der Waals surface area contributed by atoms with Crippen LogP contribution < -0.4 is 5.32 Å². The van der Waals surface area contributed by atoms with Crippen LogP contribution >= 0.6 is 0 Å². The molecular weight excluding hydrogens is 254 g/mol. The average molecular weight is 275 g/mol. The lowest BCUT2D eigenvalue weighted by Crippen LogP contribution is -2.45. The standard InChI is InChI=1S/C12H21NO4S/c14-18(15)8-3-11(9-18)13-10-1-4-12(5-2-10)16-6-7-17-12/h10-11,13H,1-9H2. The number of hydrogen-bond acceptors (Lipinski definition) is 5. The van der Waals surface area contributed by atoms with Gasteiger partial charge < -0.3 is 14.8 Å². The molecule has 2 saturated heterocycles. The maximum absolute atomic E-state index is 11.4. The van der Waals surface area contributed by atoms with Crippen molar-refractivity contribution in [2.24, 2.45) is 0 Å². The SMILES string of the molecule is O=S1(=O)CCC(NC2CCC3(CC2)OCCO3)C1. The number of ether oxygens (including phenoxy) is 2. The molecule has 3 fully saturated rings. The van der Waals surface area contributed by atoms with Crippen LogP contribution in [-0.2, 0) is 19.3 Å². The summed E-state index contributed by atoms with van der Waals surface area (Å²) >= 11 is 0. The Morgan fingerprint density at radius 1 is 1.00 bits per heavy atom. The van der Waals surface area contributed by atoms with E-state index >= 15 is 0 Å². The van der Waals surface area contributed by atoms with Crippen LogP contribution in [0.4, 0.5) is 0 Å². The monoisotopic (exact) mass is 275 g/mol. The second-order valence-corrected chi connectivity index (χ2v) is 7.88. The molecule has 1 spiro atoms. The van der Waals surface area contributed by atoms with Crippen molar-refractivity contribution in [2.45, 2.75) is 50.0 Å². The first kappa shape index (κ1) is 12.8. The van der Waals surface area contributed by atoms with E-state index in [9.17, 15) is 8.42 Å². The van der Waals surface area contributed by atoms with Gasteiger partial charge in [0.1, 0.15) is 0 Å². The molecule has 1 aliphatic carbocycles. The van der Waals surface area contributed by atoms with E-state index in [-0.39, 0.29) is 11.8 Å². The summed E-state index contributed by atoms with van der Waals surface area (Å²) in [4.78, 5) is 0. The lowest BCUT2D eigenvalue weighted by atomic mass is 9.89. The highest BCUT2D eigenvalue weighted by molar-refractivity contribution is 7.91. The van der Waals surface area contributed by atoms with Gasteiger partial charge in [-0.1, -0.05) is 0 Å². The summed E-state index contributed by atoms with van der Waals surface area (Å²) in [6.45, 7) is 1.41. The molecule has 1 saturated carbocycles. The minimum atomic E-state index is -2.78. The van der Waals surface area contributed by atoms with Gasteiger partial charge >= 0.3 is 0 Å². The van der Waals surface area contributed by atoms with Crippen LogP contribution in [0.1, 0.15) is 32.1 Å². The number of sulfone groups is 1. The smallest absolute Gasteiger partial charge is 0.168 e. The minimum absolute atomic E-state index is 0.152. The van der Waals surface area contributed by atoms with Crippen LogP contribution in [0, 0.1) is 0 Å². The van der Waals surface area contributed by atoms with E-state index in [1.807, 2.05) is 0 Å². The zero-order valence-electron chi connectivity index (χ0n) is 10.6. The van der Waals surface area contributed by atoms with Gasteiger partial charge in [0.2, 0.25) is 0 Å². The molecular formula is C12H21NO4S. The molecule has 0 bridgehead atoms. The molecule has 5 nitrogen and oxygen atoms in total. The number of nitrogens with one attached hydrogen (secondary N) is 1. The first-order valence-corrected chi connectivity index (χ1v) is 8.64. The van der Waals surface area contributed by atoms with Gasteiger partial charge in [-0.2, -0.15) is 0 Å². The molecule has 18 heavy (non-hydrogen) atoms. The fourth-order valence-electron chi connectivity index (χ4n) is 3.27. The van der Waals surface area contributed by atoms with Gasteiger partial charge in [0.05, 0.1) is 24.7 Å². The summed E-state index contributed by atoms with van der Waals surface area (Å²) in [6.07, 6.45) is 4.62. The Bertz CT molecular complexity index is 392. The second-order valence-electron chi connectivity index (χ2n) is 5.65. The fraction of sp³-hybridized carbons (Fsp3) is 1.00. The van der Waals surface area contributed by atoms with Crippen molar-refractivity contribution < 1.29 is 17.9 Å². The summed E-state index contributed by atoms with van der Waals surface area (Å²) < 4.78 is 34.2. The van der Waals surface area contributed by atoms with Crippen LogP contribution in [-0.4, -0.2) is 51.0 Å². The highest BCUT2D eigenvalue weighted by atomic mass is 32.2. The zero-order chi connectivity index (χ0) is 12.6. The first-order chi connectivity index (χ1) is 8.57. The topological polar surface area (TPSA) is 64.6 Å². The molecule has 0 radical (unpaired) electrons. The zero-order valence-corrected chi connectivity index (χ0v) is 11.4. The molecule has 6 heteroatoms. The first-order valence-electron chi connectivity index (χ1n) is 6.81. The van der Waals surface area contributed by atoms with E-state index in [1.54, 1.807) is 0 Å². The highest BCUT2D eigenvalue weighted by Gasteiger charge is 2.41. The van der Waals surface area contributed by atoms with E-state index in [0.29, 0.717) is 30.8 Å². The Morgan fingerprint density at radius 2 is 1.67 bits per heavy atom. The van der Waals surface area contributed by atoms with Crippen LogP contribution in [0.15, 0.2) is 0 Å². The summed E-state index contributed by atoms with van der Waals surface area (Å²) in [5, 5.41) is 3.49. The van der Waals surface area contributed by atoms with Crippen molar-refractivity contribution >= 4 is 9.84 Å². The summed E-state index contributed by atoms with van der Waals surface area (Å²) in [7, 11) is -2.78. The Labute approximate surface area is 108 Å². The highest BCUT2D eigenvalue weighted by Crippen LogP contribution is 2.36. The Hall–Kier alpha value is -0.170. The lowest BCUT2D eigenvalue weighted by molar-refractivity contribution is -0.179. The van der Waals surface area contributed by atoms with E-state index in [4.69, 9.17) is 9.47 Å². The molecule has 2 aliphatic heterocycles. The molecule has 0 aromatic carbocycles. The van der Waals surface area contributed by atoms with Crippen LogP contribution in [0.25, 0.3) is 0 Å². The Balaban J connectivity index is 1.49.